The maximum atomic E-state index is 11.8. The second-order valence-electron chi connectivity index (χ2n) is 4.57. The molecule has 1 saturated heterocycles. The average Bonchev–Trinajstić information content (AvgIpc) is 2.60. The second-order valence-corrected chi connectivity index (χ2v) is 4.88. The average molecular weight is 234 g/mol. The summed E-state index contributed by atoms with van der Waals surface area (Å²) in [6, 6.07) is 0.0376. The molecular formula is C11H20ClNO2. The van der Waals surface area contributed by atoms with Gasteiger partial charge in [0.05, 0.1) is 0 Å². The van der Waals surface area contributed by atoms with Gasteiger partial charge in [0.2, 0.25) is 5.91 Å². The van der Waals surface area contributed by atoms with Gasteiger partial charge in [-0.05, 0) is 18.3 Å². The number of hydrogen-bond acceptors (Lipinski definition) is 2. The fourth-order valence-corrected chi connectivity index (χ4v) is 2.11. The van der Waals surface area contributed by atoms with Crippen LogP contribution in [-0.4, -0.2) is 30.5 Å². The number of nitrogens with one attached hydrogen (secondary N) is 1. The highest BCUT2D eigenvalue weighted by Gasteiger charge is 2.32. The molecule has 1 rings (SSSR count). The summed E-state index contributed by atoms with van der Waals surface area (Å²) in [5.41, 5.74) is 0. The minimum absolute atomic E-state index is 0.0145. The minimum atomic E-state index is -0.283. The highest BCUT2D eigenvalue weighted by Crippen LogP contribution is 2.20. The molecule has 1 fully saturated rings. The van der Waals surface area contributed by atoms with Crippen molar-refractivity contribution in [2.45, 2.75) is 39.3 Å². The zero-order chi connectivity index (χ0) is 11.4. The van der Waals surface area contributed by atoms with E-state index < -0.39 is 0 Å². The summed E-state index contributed by atoms with van der Waals surface area (Å²) in [6.07, 6.45) is 0.681. The monoisotopic (exact) mass is 233 g/mol. The Labute approximate surface area is 96.5 Å². The molecule has 3 unspecified atom stereocenters. The Balaban J connectivity index is 2.46. The van der Waals surface area contributed by atoms with Crippen molar-refractivity contribution in [3.63, 3.8) is 0 Å². The molecule has 0 aromatic rings. The Morgan fingerprint density at radius 2 is 2.27 bits per heavy atom. The Kier molecular flexibility index (Phi) is 4.87. The van der Waals surface area contributed by atoms with Crippen molar-refractivity contribution in [2.24, 2.45) is 11.8 Å². The SMILES string of the molecule is CC(C)C(CCl)NC(=O)C1OCCC1C. The number of hydrogen-bond donors (Lipinski definition) is 1. The number of alkyl halides is 1. The van der Waals surface area contributed by atoms with Gasteiger partial charge >= 0.3 is 0 Å². The molecule has 3 atom stereocenters. The lowest BCUT2D eigenvalue weighted by Crippen LogP contribution is -2.46. The molecule has 3 nitrogen and oxygen atoms in total. The molecule has 1 aliphatic heterocycles. The van der Waals surface area contributed by atoms with Crippen LogP contribution in [0.4, 0.5) is 0 Å². The minimum Gasteiger partial charge on any atom is -0.368 e. The van der Waals surface area contributed by atoms with Crippen LogP contribution in [0.5, 0.6) is 0 Å². The molecule has 0 radical (unpaired) electrons. The normalized spacial score (nSPS) is 28.1. The molecule has 15 heavy (non-hydrogen) atoms. The zero-order valence-electron chi connectivity index (χ0n) is 9.63. The third-order valence-electron chi connectivity index (χ3n) is 2.94. The molecule has 0 aliphatic carbocycles. The highest BCUT2D eigenvalue weighted by atomic mass is 35.5. The maximum Gasteiger partial charge on any atom is 0.249 e. The van der Waals surface area contributed by atoms with Crippen LogP contribution in [0, 0.1) is 11.8 Å². The number of halogens is 1. The Morgan fingerprint density at radius 1 is 1.60 bits per heavy atom. The summed E-state index contributed by atoms with van der Waals surface area (Å²) in [7, 11) is 0. The van der Waals surface area contributed by atoms with E-state index in [1.165, 1.54) is 0 Å². The van der Waals surface area contributed by atoms with E-state index in [2.05, 4.69) is 5.32 Å². The summed E-state index contributed by atoms with van der Waals surface area (Å²) in [4.78, 5) is 11.8. The predicted molar refractivity (Wildman–Crippen MR) is 61.0 cm³/mol. The van der Waals surface area contributed by atoms with E-state index in [9.17, 15) is 4.79 Å². The van der Waals surface area contributed by atoms with Gasteiger partial charge in [0.25, 0.3) is 0 Å². The quantitative estimate of drug-likeness (QED) is 0.752. The van der Waals surface area contributed by atoms with E-state index in [1.807, 2.05) is 20.8 Å². The third kappa shape index (κ3) is 3.35. The van der Waals surface area contributed by atoms with Crippen molar-refractivity contribution in [1.29, 1.82) is 0 Å². The number of amides is 1. The van der Waals surface area contributed by atoms with E-state index in [-0.39, 0.29) is 18.1 Å². The molecule has 1 heterocycles. The van der Waals surface area contributed by atoms with Gasteiger partial charge in [0, 0.05) is 18.5 Å². The lowest BCUT2D eigenvalue weighted by molar-refractivity contribution is -0.132. The van der Waals surface area contributed by atoms with Crippen LogP contribution in [0.3, 0.4) is 0 Å². The molecule has 0 aromatic carbocycles. The smallest absolute Gasteiger partial charge is 0.249 e. The van der Waals surface area contributed by atoms with Crippen molar-refractivity contribution in [1.82, 2.24) is 5.32 Å². The lowest BCUT2D eigenvalue weighted by Gasteiger charge is -2.23. The van der Waals surface area contributed by atoms with Crippen molar-refractivity contribution < 1.29 is 9.53 Å². The fraction of sp³-hybridized carbons (Fsp3) is 0.909. The lowest BCUT2D eigenvalue weighted by atomic mass is 10.0. The third-order valence-corrected chi connectivity index (χ3v) is 3.28. The van der Waals surface area contributed by atoms with Crippen LogP contribution in [0.1, 0.15) is 27.2 Å². The van der Waals surface area contributed by atoms with Crippen LogP contribution in [0.15, 0.2) is 0 Å². The molecule has 0 aromatic heterocycles. The van der Waals surface area contributed by atoms with Crippen molar-refractivity contribution in [3.8, 4) is 0 Å². The first-order valence-corrected chi connectivity index (χ1v) is 6.07. The van der Waals surface area contributed by atoms with Crippen LogP contribution in [-0.2, 0) is 9.53 Å². The van der Waals surface area contributed by atoms with Crippen LogP contribution in [0.2, 0.25) is 0 Å². The fourth-order valence-electron chi connectivity index (χ4n) is 1.68. The summed E-state index contributed by atoms with van der Waals surface area (Å²) in [5.74, 6) is 1.10. The van der Waals surface area contributed by atoms with Crippen LogP contribution < -0.4 is 5.32 Å². The van der Waals surface area contributed by atoms with Gasteiger partial charge < -0.3 is 10.1 Å². The number of ether oxygens (including phenoxy) is 1. The van der Waals surface area contributed by atoms with Gasteiger partial charge in [0.1, 0.15) is 6.10 Å². The number of carbonyl (C=O) groups is 1. The molecule has 0 bridgehead atoms. The molecule has 88 valence electrons. The van der Waals surface area contributed by atoms with E-state index in [1.54, 1.807) is 0 Å². The van der Waals surface area contributed by atoms with Crippen molar-refractivity contribution >= 4 is 17.5 Å². The van der Waals surface area contributed by atoms with Gasteiger partial charge in [-0.2, -0.15) is 0 Å². The van der Waals surface area contributed by atoms with Gasteiger partial charge in [0.15, 0.2) is 0 Å². The second kappa shape index (κ2) is 5.71. The summed E-state index contributed by atoms with van der Waals surface area (Å²) < 4.78 is 5.40. The van der Waals surface area contributed by atoms with Crippen LogP contribution >= 0.6 is 11.6 Å². The molecular weight excluding hydrogens is 214 g/mol. The van der Waals surface area contributed by atoms with Crippen molar-refractivity contribution in [3.05, 3.63) is 0 Å². The zero-order valence-corrected chi connectivity index (χ0v) is 10.4. The largest absolute Gasteiger partial charge is 0.368 e. The first-order valence-electron chi connectivity index (χ1n) is 5.54. The van der Waals surface area contributed by atoms with E-state index in [4.69, 9.17) is 16.3 Å². The highest BCUT2D eigenvalue weighted by molar-refractivity contribution is 6.18. The first-order chi connectivity index (χ1) is 7.06. The topological polar surface area (TPSA) is 38.3 Å². The van der Waals surface area contributed by atoms with Gasteiger partial charge in [-0.25, -0.2) is 0 Å². The predicted octanol–water partition coefficient (Wildman–Crippen LogP) is 1.79. The standard InChI is InChI=1S/C11H20ClNO2/c1-7(2)9(6-12)13-11(14)10-8(3)4-5-15-10/h7-10H,4-6H2,1-3H3,(H,13,14). The van der Waals surface area contributed by atoms with Crippen molar-refractivity contribution in [2.75, 3.05) is 12.5 Å². The molecule has 1 amide bonds. The first kappa shape index (κ1) is 12.8. The molecule has 0 spiro atoms. The Bertz CT molecular complexity index is 221. The summed E-state index contributed by atoms with van der Waals surface area (Å²) >= 11 is 5.79. The molecule has 1 aliphatic rings. The Morgan fingerprint density at radius 3 is 2.67 bits per heavy atom. The van der Waals surface area contributed by atoms with Gasteiger partial charge in [-0.1, -0.05) is 20.8 Å². The van der Waals surface area contributed by atoms with E-state index in [0.29, 0.717) is 24.3 Å². The Hall–Kier alpha value is -0.280. The summed E-state index contributed by atoms with van der Waals surface area (Å²) in [6.45, 7) is 6.83. The molecule has 1 N–H and O–H groups in total. The van der Waals surface area contributed by atoms with E-state index >= 15 is 0 Å². The van der Waals surface area contributed by atoms with E-state index in [0.717, 1.165) is 6.42 Å². The molecule has 4 heteroatoms. The number of carbonyl (C=O) groups excluding carboxylic acids is 1. The van der Waals surface area contributed by atoms with Gasteiger partial charge in [-0.15, -0.1) is 11.6 Å². The number of rotatable bonds is 4. The van der Waals surface area contributed by atoms with Gasteiger partial charge in [-0.3, -0.25) is 4.79 Å². The molecule has 0 saturated carbocycles. The summed E-state index contributed by atoms with van der Waals surface area (Å²) in [5, 5.41) is 2.94. The maximum absolute atomic E-state index is 11.8. The van der Waals surface area contributed by atoms with Crippen LogP contribution in [0.25, 0.3) is 0 Å².